The molecule has 4 atom stereocenters. The average Bonchev–Trinajstić information content (AvgIpc) is 3.21. The normalized spacial score (nSPS) is 28.7. The molecule has 4 aliphatic carbocycles. The predicted molar refractivity (Wildman–Crippen MR) is 152 cm³/mol. The van der Waals surface area contributed by atoms with Gasteiger partial charge in [0.15, 0.2) is 0 Å². The van der Waals surface area contributed by atoms with E-state index in [4.69, 9.17) is 0 Å². The molecule has 1 aromatic heterocycles. The van der Waals surface area contributed by atoms with E-state index in [1.165, 1.54) is 22.6 Å². The summed E-state index contributed by atoms with van der Waals surface area (Å²) in [7, 11) is 0. The summed E-state index contributed by atoms with van der Waals surface area (Å²) in [5, 5.41) is 0. The average molecular weight is 517 g/mol. The van der Waals surface area contributed by atoms with Crippen LogP contribution in [-0.4, -0.2) is 0 Å². The van der Waals surface area contributed by atoms with Crippen LogP contribution in [0.2, 0.25) is 0 Å². The Bertz CT molecular complexity index is 644. The molecular weight excluding hydrogens is 467 g/mol. The second kappa shape index (κ2) is 12.0. The Labute approximate surface area is 198 Å². The zero-order valence-electron chi connectivity index (χ0n) is 20.4. The predicted octanol–water partition coefficient (Wildman–Crippen LogP) is 13.8. The third kappa shape index (κ3) is 5.36. The van der Waals surface area contributed by atoms with Gasteiger partial charge in [-0.2, -0.15) is 0 Å². The zero-order valence-corrected chi connectivity index (χ0v) is 24.9. The van der Waals surface area contributed by atoms with E-state index in [1.54, 1.807) is 135 Å². The van der Waals surface area contributed by atoms with Crippen molar-refractivity contribution in [2.45, 2.75) is 164 Å². The molecule has 0 saturated heterocycles. The smallest absolute Gasteiger partial charge is 0.00491 e. The lowest BCUT2D eigenvalue weighted by Gasteiger charge is -2.33. The molecule has 0 amide bonds. The lowest BCUT2D eigenvalue weighted by atomic mass is 10.0. The highest BCUT2D eigenvalue weighted by atomic mass is 32.7. The first-order valence-corrected chi connectivity index (χ1v) is 25.0. The summed E-state index contributed by atoms with van der Waals surface area (Å²) in [6.07, 6.45) is 34.2. The second-order valence-corrected chi connectivity index (χ2v) is 36.0. The molecule has 4 saturated carbocycles. The molecule has 4 fully saturated rings. The molecule has 5 rings (SSSR count). The molecule has 31 heavy (non-hydrogen) atoms. The maximum absolute atomic E-state index is 2.70. The zero-order chi connectivity index (χ0) is 21.0. The summed E-state index contributed by atoms with van der Waals surface area (Å²) in [5.41, 5.74) is 5.04. The lowest BCUT2D eigenvalue weighted by molar-refractivity contribution is 0.484. The van der Waals surface area contributed by atoms with Crippen LogP contribution in [0.25, 0.3) is 0 Å². The Morgan fingerprint density at radius 3 is 0.903 bits per heavy atom. The molecule has 0 nitrogen and oxygen atoms in total. The van der Waals surface area contributed by atoms with Crippen molar-refractivity contribution in [3.8, 4) is 0 Å². The molecule has 0 bridgehead atoms. The Balaban J connectivity index is 1.68. The topological polar surface area (TPSA) is 0 Å². The van der Waals surface area contributed by atoms with Gasteiger partial charge in [0.1, 0.15) is 0 Å². The van der Waals surface area contributed by atoms with E-state index in [1.807, 2.05) is 0 Å². The standard InChI is InChI=1S/C26H49P5/c1-2-27-28(23-15-7-3-8-16-23)30(25-19-11-5-12-20-25)31(26-21-13-6-14-22-26)29(27)24-17-9-4-10-18-24/h23-26H,2-22H2,1H3. The largest absolute Gasteiger partial charge is 0.0759 e. The molecule has 4 aliphatic rings. The Morgan fingerprint density at radius 2 is 0.645 bits per heavy atom. The van der Waals surface area contributed by atoms with Crippen molar-refractivity contribution in [2.75, 3.05) is 0 Å². The molecule has 4 unspecified atom stereocenters. The second-order valence-electron chi connectivity index (χ2n) is 11.1. The van der Waals surface area contributed by atoms with Crippen molar-refractivity contribution in [2.24, 2.45) is 0 Å². The molecule has 0 spiro atoms. The molecular formula is C26H49P5. The van der Waals surface area contributed by atoms with Crippen LogP contribution in [0.5, 0.6) is 0 Å². The minimum absolute atomic E-state index is 0.442. The van der Waals surface area contributed by atoms with Gasteiger partial charge in [-0.3, -0.25) is 0 Å². The van der Waals surface area contributed by atoms with Gasteiger partial charge in [0.25, 0.3) is 0 Å². The van der Waals surface area contributed by atoms with Crippen molar-refractivity contribution < 1.29 is 0 Å². The van der Waals surface area contributed by atoms with Gasteiger partial charge in [0, 0.05) is 22.6 Å². The summed E-state index contributed by atoms with van der Waals surface area (Å²) in [5.74, 6) is 0. The first-order chi connectivity index (χ1) is 15.4. The number of hydrogen-bond donors (Lipinski definition) is 0. The van der Waals surface area contributed by atoms with E-state index in [0.29, 0.717) is 34.4 Å². The van der Waals surface area contributed by atoms with E-state index >= 15 is 0 Å². The Kier molecular flexibility index (Phi) is 9.34. The lowest BCUT2D eigenvalue weighted by Crippen LogP contribution is -2.01. The van der Waals surface area contributed by atoms with Crippen molar-refractivity contribution in [1.29, 1.82) is 0 Å². The van der Waals surface area contributed by atoms with E-state index < -0.39 is 0 Å². The summed E-state index contributed by atoms with van der Waals surface area (Å²) >= 11 is 0. The van der Waals surface area contributed by atoms with Gasteiger partial charge in [0.2, 0.25) is 0 Å². The molecule has 0 radical (unpaired) electrons. The van der Waals surface area contributed by atoms with Crippen LogP contribution >= 0.6 is 34.4 Å². The summed E-state index contributed by atoms with van der Waals surface area (Å²) in [6, 6.07) is 0. The Hall–Kier alpha value is 1.50. The van der Waals surface area contributed by atoms with E-state index in [0.717, 1.165) is 0 Å². The van der Waals surface area contributed by atoms with Crippen LogP contribution in [0.4, 0.5) is 0 Å². The Morgan fingerprint density at radius 1 is 0.387 bits per heavy atom. The van der Waals surface area contributed by atoms with Crippen molar-refractivity contribution in [1.82, 2.24) is 0 Å². The van der Waals surface area contributed by atoms with Crippen LogP contribution in [0.1, 0.15) is 158 Å². The van der Waals surface area contributed by atoms with Gasteiger partial charge >= 0.3 is 0 Å². The van der Waals surface area contributed by atoms with Crippen LogP contribution in [0.3, 0.4) is 0 Å². The summed E-state index contributed by atoms with van der Waals surface area (Å²) in [4.78, 5) is 0. The molecule has 178 valence electrons. The fraction of sp³-hybridized carbons (Fsp3) is 1.00. The van der Waals surface area contributed by atoms with Crippen LogP contribution in [0.15, 0.2) is 0 Å². The highest BCUT2D eigenvalue weighted by Gasteiger charge is 2.36. The first kappa shape index (κ1) is 24.2. The number of rotatable bonds is 5. The fourth-order valence-corrected chi connectivity index (χ4v) is 87.6. The monoisotopic (exact) mass is 516 g/mol. The van der Waals surface area contributed by atoms with Crippen LogP contribution in [0, 0.1) is 0 Å². The van der Waals surface area contributed by atoms with Gasteiger partial charge in [0.05, 0.1) is 0 Å². The summed E-state index contributed by atoms with van der Waals surface area (Å²) in [6.45, 7) is 4.92. The van der Waals surface area contributed by atoms with Crippen molar-refractivity contribution in [3.05, 3.63) is 0 Å². The van der Waals surface area contributed by atoms with Gasteiger partial charge in [-0.25, -0.2) is 0 Å². The third-order valence-corrected chi connectivity index (χ3v) is 56.7. The highest BCUT2D eigenvalue weighted by Crippen LogP contribution is 2.98. The third-order valence-electron chi connectivity index (χ3n) is 8.99. The van der Waals surface area contributed by atoms with Crippen molar-refractivity contribution in [3.63, 3.8) is 0 Å². The van der Waals surface area contributed by atoms with E-state index in [9.17, 15) is 0 Å². The maximum Gasteiger partial charge on any atom is 0.00491 e. The molecule has 1 heterocycles. The minimum Gasteiger partial charge on any atom is -0.0759 e. The van der Waals surface area contributed by atoms with Crippen LogP contribution < -0.4 is 0 Å². The summed E-state index contributed by atoms with van der Waals surface area (Å²) < 4.78 is 0. The maximum atomic E-state index is 2.70. The first-order valence-electron chi connectivity index (χ1n) is 14.3. The quantitative estimate of drug-likeness (QED) is 0.365. The van der Waals surface area contributed by atoms with Gasteiger partial charge < -0.3 is 0 Å². The molecule has 1 aromatic rings. The fourth-order valence-electron chi connectivity index (χ4n) is 7.41. The molecule has 0 aliphatic heterocycles. The van der Waals surface area contributed by atoms with E-state index in [2.05, 4.69) is 6.92 Å². The van der Waals surface area contributed by atoms with Crippen LogP contribution in [-0.2, 0) is 6.16 Å². The van der Waals surface area contributed by atoms with Gasteiger partial charge in [-0.1, -0.05) is 118 Å². The van der Waals surface area contributed by atoms with Crippen molar-refractivity contribution >= 4 is 34.4 Å². The molecule has 0 aromatic carbocycles. The molecule has 5 heteroatoms. The van der Waals surface area contributed by atoms with Gasteiger partial charge in [-0.15, -0.1) is 0 Å². The molecule has 0 N–H and O–H groups in total. The SMILES string of the molecule is CCp1p(C2CCCCC2)p(C2CCCCC2)p(C2CCCCC2)p1C1CCCCC1. The number of hydrogen-bond acceptors (Lipinski definition) is 0. The highest BCUT2D eigenvalue weighted by molar-refractivity contribution is 8.73. The van der Waals surface area contributed by atoms with Gasteiger partial charge in [-0.05, 0) is 57.5 Å². The minimum atomic E-state index is 0.442. The van der Waals surface area contributed by atoms with E-state index in [-0.39, 0.29) is 0 Å².